The number of hydrogen-bond donors (Lipinski definition) is 1. The average Bonchev–Trinajstić information content (AvgIpc) is 3.05. The summed E-state index contributed by atoms with van der Waals surface area (Å²) in [5.74, 6) is 0.782. The molecule has 0 aliphatic carbocycles. The van der Waals surface area contributed by atoms with Gasteiger partial charge in [0.2, 0.25) is 5.91 Å². The second kappa shape index (κ2) is 6.55. The number of aromatic nitrogens is 2. The lowest BCUT2D eigenvalue weighted by molar-refractivity contribution is -0.125. The number of para-hydroxylation sites is 1. The van der Waals surface area contributed by atoms with E-state index in [4.69, 9.17) is 4.42 Å². The van der Waals surface area contributed by atoms with E-state index in [-0.39, 0.29) is 11.8 Å². The smallest absolute Gasteiger partial charge is 0.225 e. The van der Waals surface area contributed by atoms with Crippen LogP contribution in [0.3, 0.4) is 0 Å². The molecule has 1 fully saturated rings. The lowest BCUT2D eigenvalue weighted by atomic mass is 9.97. The predicted molar refractivity (Wildman–Crippen MR) is 97.5 cm³/mol. The molecule has 1 aromatic carbocycles. The molecule has 3 aromatic rings. The fraction of sp³-hybridized carbons (Fsp3) is 0.316. The number of hydrogen-bond acceptors (Lipinski definition) is 5. The number of nitrogens with zero attached hydrogens (tertiary/aromatic N) is 3. The first-order valence-electron chi connectivity index (χ1n) is 8.53. The minimum Gasteiger partial charge on any atom is -0.450 e. The lowest BCUT2D eigenvalue weighted by Gasteiger charge is -2.32. The molecule has 1 saturated heterocycles. The number of anilines is 1. The van der Waals surface area contributed by atoms with Crippen LogP contribution in [-0.2, 0) is 4.79 Å². The van der Waals surface area contributed by atoms with Crippen molar-refractivity contribution in [2.75, 3.05) is 24.5 Å². The minimum atomic E-state index is -0.0527. The summed E-state index contributed by atoms with van der Waals surface area (Å²) < 4.78 is 6.02. The quantitative estimate of drug-likeness (QED) is 0.742. The van der Waals surface area contributed by atoms with E-state index in [0.29, 0.717) is 18.7 Å². The Morgan fingerprint density at radius 1 is 1.40 bits per heavy atom. The molecule has 1 atom stereocenters. The van der Waals surface area contributed by atoms with Crippen LogP contribution in [0.25, 0.3) is 22.1 Å². The van der Waals surface area contributed by atoms with Gasteiger partial charge in [-0.15, -0.1) is 6.58 Å². The number of carbonyl (C=O) groups is 1. The van der Waals surface area contributed by atoms with Crippen LogP contribution < -0.4 is 10.2 Å². The SMILES string of the molecule is C=CCNC(=O)[C@H]1CCCN(c2ncnc3c2oc2ccccc23)C1. The molecule has 3 heterocycles. The Bertz CT molecular complexity index is 933. The summed E-state index contributed by atoms with van der Waals surface area (Å²) in [5.41, 5.74) is 2.31. The lowest BCUT2D eigenvalue weighted by Crippen LogP contribution is -2.43. The fourth-order valence-corrected chi connectivity index (χ4v) is 3.44. The Morgan fingerprint density at radius 2 is 2.28 bits per heavy atom. The normalized spacial score (nSPS) is 17.8. The van der Waals surface area contributed by atoms with Gasteiger partial charge in [0, 0.05) is 25.0 Å². The van der Waals surface area contributed by atoms with Crippen molar-refractivity contribution in [1.82, 2.24) is 15.3 Å². The van der Waals surface area contributed by atoms with Crippen LogP contribution in [0.1, 0.15) is 12.8 Å². The standard InChI is InChI=1S/C19H20N4O2/c1-2-9-20-19(24)13-6-5-10-23(11-13)18-17-16(21-12-22-18)14-7-3-4-8-15(14)25-17/h2-4,7-8,12-13H,1,5-6,9-11H2,(H,20,24)/t13-/m0/s1. The largest absolute Gasteiger partial charge is 0.450 e. The first-order valence-corrected chi connectivity index (χ1v) is 8.53. The molecule has 0 spiro atoms. The molecule has 0 saturated carbocycles. The molecule has 25 heavy (non-hydrogen) atoms. The van der Waals surface area contributed by atoms with Gasteiger partial charge in [0.1, 0.15) is 17.4 Å². The van der Waals surface area contributed by atoms with Gasteiger partial charge in [-0.05, 0) is 25.0 Å². The molecule has 0 bridgehead atoms. The molecule has 128 valence electrons. The van der Waals surface area contributed by atoms with E-state index in [1.807, 2.05) is 24.3 Å². The molecule has 6 nitrogen and oxygen atoms in total. The Balaban J connectivity index is 1.67. The summed E-state index contributed by atoms with van der Waals surface area (Å²) in [6.07, 6.45) is 5.09. The summed E-state index contributed by atoms with van der Waals surface area (Å²) in [6.45, 7) is 5.62. The highest BCUT2D eigenvalue weighted by Gasteiger charge is 2.28. The Labute approximate surface area is 145 Å². The van der Waals surface area contributed by atoms with Gasteiger partial charge in [0.25, 0.3) is 0 Å². The van der Waals surface area contributed by atoms with Gasteiger partial charge < -0.3 is 14.6 Å². The van der Waals surface area contributed by atoms with Crippen LogP contribution in [0.5, 0.6) is 0 Å². The third-order valence-corrected chi connectivity index (χ3v) is 4.65. The molecular formula is C19H20N4O2. The first kappa shape index (κ1) is 15.6. The van der Waals surface area contributed by atoms with Crippen LogP contribution in [-0.4, -0.2) is 35.5 Å². The van der Waals surface area contributed by atoms with Crippen molar-refractivity contribution >= 4 is 33.8 Å². The topological polar surface area (TPSA) is 71.3 Å². The van der Waals surface area contributed by atoms with E-state index in [2.05, 4.69) is 26.8 Å². The van der Waals surface area contributed by atoms with Crippen LogP contribution in [0, 0.1) is 5.92 Å². The van der Waals surface area contributed by atoms with Crippen molar-refractivity contribution < 1.29 is 9.21 Å². The summed E-state index contributed by atoms with van der Waals surface area (Å²) in [5, 5.41) is 3.88. The molecule has 1 amide bonds. The fourth-order valence-electron chi connectivity index (χ4n) is 3.44. The molecule has 1 N–H and O–H groups in total. The zero-order chi connectivity index (χ0) is 17.2. The molecule has 6 heteroatoms. The molecule has 2 aromatic heterocycles. The van der Waals surface area contributed by atoms with Gasteiger partial charge in [-0.3, -0.25) is 4.79 Å². The number of piperidine rings is 1. The molecule has 0 radical (unpaired) electrons. The zero-order valence-corrected chi connectivity index (χ0v) is 13.9. The number of nitrogens with one attached hydrogen (secondary N) is 1. The van der Waals surface area contributed by atoms with Crippen molar-refractivity contribution in [3.63, 3.8) is 0 Å². The molecule has 1 aliphatic rings. The van der Waals surface area contributed by atoms with Crippen molar-refractivity contribution in [1.29, 1.82) is 0 Å². The van der Waals surface area contributed by atoms with E-state index < -0.39 is 0 Å². The highest BCUT2D eigenvalue weighted by Crippen LogP contribution is 2.33. The Hall–Kier alpha value is -2.89. The van der Waals surface area contributed by atoms with Crippen LogP contribution in [0.4, 0.5) is 5.82 Å². The van der Waals surface area contributed by atoms with E-state index in [0.717, 1.165) is 41.7 Å². The van der Waals surface area contributed by atoms with E-state index in [1.54, 1.807) is 12.4 Å². The summed E-state index contributed by atoms with van der Waals surface area (Å²) >= 11 is 0. The van der Waals surface area contributed by atoms with Crippen LogP contribution in [0.15, 0.2) is 47.7 Å². The third-order valence-electron chi connectivity index (χ3n) is 4.65. The van der Waals surface area contributed by atoms with Gasteiger partial charge in [-0.2, -0.15) is 0 Å². The molecule has 4 rings (SSSR count). The first-order chi connectivity index (χ1) is 12.3. The molecule has 0 unspecified atom stereocenters. The van der Waals surface area contributed by atoms with Gasteiger partial charge >= 0.3 is 0 Å². The maximum absolute atomic E-state index is 12.3. The van der Waals surface area contributed by atoms with Crippen LogP contribution >= 0.6 is 0 Å². The minimum absolute atomic E-state index is 0.0527. The van der Waals surface area contributed by atoms with E-state index >= 15 is 0 Å². The summed E-state index contributed by atoms with van der Waals surface area (Å²) in [4.78, 5) is 23.3. The number of carbonyl (C=O) groups excluding carboxylic acids is 1. The number of benzene rings is 1. The average molecular weight is 336 g/mol. The second-order valence-corrected chi connectivity index (χ2v) is 6.29. The second-order valence-electron chi connectivity index (χ2n) is 6.29. The number of fused-ring (bicyclic) bond motifs is 3. The van der Waals surface area contributed by atoms with Gasteiger partial charge in [-0.25, -0.2) is 9.97 Å². The maximum atomic E-state index is 12.3. The van der Waals surface area contributed by atoms with Gasteiger partial charge in [0.15, 0.2) is 11.4 Å². The molecule has 1 aliphatic heterocycles. The van der Waals surface area contributed by atoms with Crippen molar-refractivity contribution in [2.24, 2.45) is 5.92 Å². The van der Waals surface area contributed by atoms with Crippen molar-refractivity contribution in [2.45, 2.75) is 12.8 Å². The van der Waals surface area contributed by atoms with Gasteiger partial charge in [-0.1, -0.05) is 18.2 Å². The predicted octanol–water partition coefficient (Wildman–Crippen LogP) is 2.89. The monoisotopic (exact) mass is 336 g/mol. The van der Waals surface area contributed by atoms with Crippen molar-refractivity contribution in [3.8, 4) is 0 Å². The Kier molecular flexibility index (Phi) is 4.09. The van der Waals surface area contributed by atoms with Gasteiger partial charge in [0.05, 0.1) is 5.92 Å². The maximum Gasteiger partial charge on any atom is 0.225 e. The van der Waals surface area contributed by atoms with Crippen LogP contribution in [0.2, 0.25) is 0 Å². The number of furan rings is 1. The summed E-state index contributed by atoms with van der Waals surface area (Å²) in [7, 11) is 0. The molecular weight excluding hydrogens is 316 g/mol. The number of rotatable bonds is 4. The van der Waals surface area contributed by atoms with E-state index in [9.17, 15) is 4.79 Å². The third kappa shape index (κ3) is 2.84. The zero-order valence-electron chi connectivity index (χ0n) is 13.9. The Morgan fingerprint density at radius 3 is 3.16 bits per heavy atom. The van der Waals surface area contributed by atoms with Crippen molar-refractivity contribution in [3.05, 3.63) is 43.2 Å². The number of amides is 1. The highest BCUT2D eigenvalue weighted by atomic mass is 16.3. The summed E-state index contributed by atoms with van der Waals surface area (Å²) in [6, 6.07) is 7.85. The van der Waals surface area contributed by atoms with E-state index in [1.165, 1.54) is 0 Å². The highest BCUT2D eigenvalue weighted by molar-refractivity contribution is 6.05.